The van der Waals surface area contributed by atoms with Gasteiger partial charge in [-0.15, -0.1) is 0 Å². The third-order valence-corrected chi connectivity index (χ3v) is 4.82. The van der Waals surface area contributed by atoms with Crippen molar-refractivity contribution in [1.82, 2.24) is 9.88 Å². The van der Waals surface area contributed by atoms with Crippen LogP contribution >= 0.6 is 0 Å². The first-order valence-electron chi connectivity index (χ1n) is 8.84. The fourth-order valence-corrected chi connectivity index (χ4v) is 3.29. The predicted octanol–water partition coefficient (Wildman–Crippen LogP) is 4.83. The van der Waals surface area contributed by atoms with E-state index in [0.717, 1.165) is 25.7 Å². The Morgan fingerprint density at radius 3 is 2.29 bits per heavy atom. The lowest BCUT2D eigenvalue weighted by atomic mass is 9.94. The Hall–Kier alpha value is -2.84. The molecule has 150 valence electrons. The van der Waals surface area contributed by atoms with Crippen molar-refractivity contribution in [3.8, 4) is 11.6 Å². The number of pyridine rings is 1. The second-order valence-corrected chi connectivity index (χ2v) is 6.61. The van der Waals surface area contributed by atoms with E-state index in [0.29, 0.717) is 11.4 Å². The van der Waals surface area contributed by atoms with Crippen molar-refractivity contribution in [2.24, 2.45) is 5.16 Å². The summed E-state index contributed by atoms with van der Waals surface area (Å²) < 4.78 is 58.9. The summed E-state index contributed by atoms with van der Waals surface area (Å²) in [4.78, 5) is 5.75. The summed E-state index contributed by atoms with van der Waals surface area (Å²) in [6.07, 6.45) is 6.62. The Balaban J connectivity index is 1.80. The maximum absolute atomic E-state index is 13.7. The molecule has 0 amide bonds. The zero-order valence-corrected chi connectivity index (χ0v) is 15.1. The van der Waals surface area contributed by atoms with E-state index >= 15 is 0 Å². The highest BCUT2D eigenvalue weighted by molar-refractivity contribution is 5.98. The smallest absolute Gasteiger partial charge is 0.219 e. The normalized spacial score (nSPS) is 15.5. The van der Waals surface area contributed by atoms with Crippen molar-refractivity contribution >= 4 is 5.84 Å². The number of hydrogen-bond donors (Lipinski definition) is 1. The van der Waals surface area contributed by atoms with Crippen LogP contribution in [0.1, 0.15) is 37.7 Å². The zero-order chi connectivity index (χ0) is 20.3. The molecule has 0 spiro atoms. The number of oxime groups is 1. The summed E-state index contributed by atoms with van der Waals surface area (Å²) in [6, 6.07) is 3.06. The van der Waals surface area contributed by atoms with Crippen molar-refractivity contribution in [3.05, 3.63) is 53.2 Å². The van der Waals surface area contributed by atoms with Crippen LogP contribution in [0.3, 0.4) is 0 Å². The van der Waals surface area contributed by atoms with Gasteiger partial charge in [-0.1, -0.05) is 24.4 Å². The molecular formula is C19H19F4N3O2. The quantitative estimate of drug-likeness (QED) is 0.201. The number of halogens is 4. The first-order chi connectivity index (χ1) is 13.4. The van der Waals surface area contributed by atoms with Gasteiger partial charge in [0.15, 0.2) is 17.5 Å². The van der Waals surface area contributed by atoms with Gasteiger partial charge >= 0.3 is 0 Å². The molecule has 1 aromatic heterocycles. The van der Waals surface area contributed by atoms with Crippen molar-refractivity contribution in [1.29, 1.82) is 0 Å². The summed E-state index contributed by atoms with van der Waals surface area (Å²) in [5.41, 5.74) is 0.453. The number of ether oxygens (including phenoxy) is 1. The van der Waals surface area contributed by atoms with Gasteiger partial charge in [0.25, 0.3) is 0 Å². The molecule has 5 nitrogen and oxygen atoms in total. The van der Waals surface area contributed by atoms with Gasteiger partial charge in [-0.25, -0.2) is 13.8 Å². The first-order valence-corrected chi connectivity index (χ1v) is 8.84. The molecule has 2 aromatic rings. The zero-order valence-electron chi connectivity index (χ0n) is 15.1. The average molecular weight is 397 g/mol. The Morgan fingerprint density at radius 1 is 1.11 bits per heavy atom. The molecule has 1 aromatic carbocycles. The van der Waals surface area contributed by atoms with Crippen LogP contribution in [0, 0.1) is 23.3 Å². The summed E-state index contributed by atoms with van der Waals surface area (Å²) in [6.45, 7) is 0. The van der Waals surface area contributed by atoms with Crippen molar-refractivity contribution in [2.45, 2.75) is 38.1 Å². The SMILES string of the molecule is CN(/C(=N\O)c1ccc(Oc2c(F)c(F)cc(F)c2F)nc1)C1CCCCC1. The molecule has 0 bridgehead atoms. The standard InChI is InChI=1S/C19H19F4N3O2/c1-26(12-5-3-2-4-6-12)19(25-27)11-7-8-15(24-10-11)28-18-16(22)13(20)9-14(21)17(18)23/h7-10,12,27H,2-6H2,1H3/b25-19-. The Morgan fingerprint density at radius 2 is 1.75 bits per heavy atom. The molecule has 0 unspecified atom stereocenters. The topological polar surface area (TPSA) is 58.0 Å². The molecule has 1 saturated carbocycles. The summed E-state index contributed by atoms with van der Waals surface area (Å²) >= 11 is 0. The molecule has 1 aliphatic carbocycles. The molecule has 1 N–H and O–H groups in total. The fraction of sp³-hybridized carbons (Fsp3) is 0.368. The van der Waals surface area contributed by atoms with Gasteiger partial charge in [0.2, 0.25) is 23.3 Å². The van der Waals surface area contributed by atoms with Crippen LogP contribution in [-0.2, 0) is 0 Å². The van der Waals surface area contributed by atoms with Crippen LogP contribution in [-0.4, -0.2) is 34.0 Å². The third-order valence-electron chi connectivity index (χ3n) is 4.82. The number of hydrogen-bond acceptors (Lipinski definition) is 4. The van der Waals surface area contributed by atoms with E-state index in [9.17, 15) is 22.8 Å². The van der Waals surface area contributed by atoms with Gasteiger partial charge < -0.3 is 14.8 Å². The Labute approximate surface area is 159 Å². The van der Waals surface area contributed by atoms with E-state index < -0.39 is 29.0 Å². The fourth-order valence-electron chi connectivity index (χ4n) is 3.29. The maximum atomic E-state index is 13.7. The third kappa shape index (κ3) is 4.02. The highest BCUT2D eigenvalue weighted by atomic mass is 19.2. The predicted molar refractivity (Wildman–Crippen MR) is 93.5 cm³/mol. The lowest BCUT2D eigenvalue weighted by Gasteiger charge is -2.32. The van der Waals surface area contributed by atoms with E-state index in [1.54, 1.807) is 0 Å². The summed E-state index contributed by atoms with van der Waals surface area (Å²) in [7, 11) is 1.82. The summed E-state index contributed by atoms with van der Waals surface area (Å²) in [5, 5.41) is 12.8. The molecule has 1 aliphatic rings. The van der Waals surface area contributed by atoms with Gasteiger partial charge in [0, 0.05) is 37.0 Å². The highest BCUT2D eigenvalue weighted by Gasteiger charge is 2.24. The van der Waals surface area contributed by atoms with Gasteiger partial charge in [-0.3, -0.25) is 0 Å². The van der Waals surface area contributed by atoms with Crippen molar-refractivity contribution < 1.29 is 27.5 Å². The number of benzene rings is 1. The van der Waals surface area contributed by atoms with Crippen molar-refractivity contribution in [2.75, 3.05) is 7.05 Å². The molecule has 9 heteroatoms. The largest absolute Gasteiger partial charge is 0.433 e. The van der Waals surface area contributed by atoms with E-state index in [1.165, 1.54) is 24.8 Å². The molecule has 0 aliphatic heterocycles. The number of aromatic nitrogens is 1. The Kier molecular flexibility index (Phi) is 6.01. The molecule has 28 heavy (non-hydrogen) atoms. The van der Waals surface area contributed by atoms with Crippen LogP contribution in [0.25, 0.3) is 0 Å². The molecule has 3 rings (SSSR count). The molecule has 0 atom stereocenters. The van der Waals surface area contributed by atoms with E-state index in [-0.39, 0.29) is 18.0 Å². The van der Waals surface area contributed by atoms with Crippen LogP contribution in [0.4, 0.5) is 17.6 Å². The van der Waals surface area contributed by atoms with Gasteiger partial charge in [-0.2, -0.15) is 8.78 Å². The maximum Gasteiger partial charge on any atom is 0.219 e. The van der Waals surface area contributed by atoms with Gasteiger partial charge in [-0.05, 0) is 18.9 Å². The minimum Gasteiger partial charge on any atom is -0.433 e. The van der Waals surface area contributed by atoms with Crippen LogP contribution in [0.15, 0.2) is 29.6 Å². The minimum atomic E-state index is -1.65. The van der Waals surface area contributed by atoms with Gasteiger partial charge in [0.1, 0.15) is 0 Å². The summed E-state index contributed by atoms with van der Waals surface area (Å²) in [5.74, 6) is -7.65. The van der Waals surface area contributed by atoms with E-state index in [1.807, 2.05) is 11.9 Å². The lowest BCUT2D eigenvalue weighted by Crippen LogP contribution is -2.38. The number of amidine groups is 1. The number of nitrogens with zero attached hydrogens (tertiary/aromatic N) is 3. The lowest BCUT2D eigenvalue weighted by molar-refractivity contribution is 0.256. The van der Waals surface area contributed by atoms with E-state index in [2.05, 4.69) is 10.1 Å². The Bertz CT molecular complexity index is 842. The van der Waals surface area contributed by atoms with Crippen LogP contribution in [0.5, 0.6) is 11.6 Å². The highest BCUT2D eigenvalue weighted by Crippen LogP contribution is 2.30. The number of rotatable bonds is 4. The van der Waals surface area contributed by atoms with Crippen LogP contribution in [0.2, 0.25) is 0 Å². The van der Waals surface area contributed by atoms with Crippen LogP contribution < -0.4 is 4.74 Å². The molecule has 1 fully saturated rings. The molecular weight excluding hydrogens is 378 g/mol. The molecule has 0 saturated heterocycles. The second kappa shape index (κ2) is 8.45. The molecule has 0 radical (unpaired) electrons. The van der Waals surface area contributed by atoms with E-state index in [4.69, 9.17) is 4.74 Å². The minimum absolute atomic E-state index is 0.0964. The molecule has 1 heterocycles. The van der Waals surface area contributed by atoms with Gasteiger partial charge in [0.05, 0.1) is 0 Å². The monoisotopic (exact) mass is 397 g/mol. The van der Waals surface area contributed by atoms with Crippen molar-refractivity contribution in [3.63, 3.8) is 0 Å². The second-order valence-electron chi connectivity index (χ2n) is 6.61. The first kappa shape index (κ1) is 19.9. The average Bonchev–Trinajstić information content (AvgIpc) is 2.72.